The van der Waals surface area contributed by atoms with E-state index in [-0.39, 0.29) is 30.8 Å². The molecule has 1 aliphatic carbocycles. The van der Waals surface area contributed by atoms with Gasteiger partial charge in [-0.15, -0.1) is 0 Å². The fraction of sp³-hybridized carbons (Fsp3) is 0.375. The van der Waals surface area contributed by atoms with Gasteiger partial charge in [-0.25, -0.2) is 0 Å². The monoisotopic (exact) mass is 422 g/mol. The van der Waals surface area contributed by atoms with Gasteiger partial charge in [0, 0.05) is 24.6 Å². The summed E-state index contributed by atoms with van der Waals surface area (Å²) in [5, 5.41) is 2.90. The van der Waals surface area contributed by atoms with E-state index in [0.29, 0.717) is 17.0 Å². The van der Waals surface area contributed by atoms with Crippen LogP contribution in [0.5, 0.6) is 5.75 Å². The van der Waals surface area contributed by atoms with Gasteiger partial charge in [0.25, 0.3) is 5.91 Å². The van der Waals surface area contributed by atoms with Gasteiger partial charge in [-0.05, 0) is 37.5 Å². The van der Waals surface area contributed by atoms with Crippen LogP contribution in [0, 0.1) is 12.8 Å². The molecule has 2 atom stereocenters. The molecule has 2 amide bonds. The van der Waals surface area contributed by atoms with Crippen molar-refractivity contribution >= 4 is 23.5 Å². The molecule has 1 saturated heterocycles. The van der Waals surface area contributed by atoms with Gasteiger partial charge in [-0.2, -0.15) is 0 Å². The maximum absolute atomic E-state index is 13.0. The number of hydrogen-bond acceptors (Lipinski definition) is 5. The van der Waals surface area contributed by atoms with Crippen molar-refractivity contribution in [3.63, 3.8) is 0 Å². The first-order valence-electron chi connectivity index (χ1n) is 10.5. The molecule has 7 nitrogen and oxygen atoms in total. The van der Waals surface area contributed by atoms with Crippen molar-refractivity contribution in [3.05, 3.63) is 59.7 Å². The van der Waals surface area contributed by atoms with E-state index in [1.165, 1.54) is 0 Å². The summed E-state index contributed by atoms with van der Waals surface area (Å²) in [7, 11) is 1.55. The number of rotatable bonds is 7. The third-order valence-corrected chi connectivity index (χ3v) is 5.58. The van der Waals surface area contributed by atoms with Crippen molar-refractivity contribution < 1.29 is 23.9 Å². The minimum atomic E-state index is -1.04. The molecule has 1 N–H and O–H groups in total. The van der Waals surface area contributed by atoms with Crippen molar-refractivity contribution in [2.75, 3.05) is 18.6 Å². The standard InChI is InChI=1S/C24H26N2O5/c1-15-8-11-20(30-2)19(12-15)26-14-17(13-21(26)27)24(29)31-22(16-6-4-3-5-7-16)23(28)25-18-9-10-18/h3-8,11-12,17-18,22H,9-10,13-14H2,1-2H3,(H,25,28)/t17-,22+/m0/s1. The molecule has 1 saturated carbocycles. The maximum atomic E-state index is 13.0. The molecule has 7 heteroatoms. The Bertz CT molecular complexity index is 987. The van der Waals surface area contributed by atoms with Crippen LogP contribution in [0.3, 0.4) is 0 Å². The zero-order valence-corrected chi connectivity index (χ0v) is 17.7. The first-order chi connectivity index (χ1) is 15.0. The van der Waals surface area contributed by atoms with Crippen molar-refractivity contribution in [3.8, 4) is 5.75 Å². The molecule has 2 aromatic rings. The average Bonchev–Trinajstić information content (AvgIpc) is 3.50. The minimum Gasteiger partial charge on any atom is -0.495 e. The number of carbonyl (C=O) groups excluding carboxylic acids is 3. The van der Waals surface area contributed by atoms with E-state index < -0.39 is 18.0 Å². The van der Waals surface area contributed by atoms with E-state index >= 15 is 0 Å². The number of ether oxygens (including phenoxy) is 2. The summed E-state index contributed by atoms with van der Waals surface area (Å²) in [6.07, 6.45) is 0.866. The Kier molecular flexibility index (Phi) is 5.93. The predicted octanol–water partition coefficient (Wildman–Crippen LogP) is 2.92. The summed E-state index contributed by atoms with van der Waals surface area (Å²) in [5.41, 5.74) is 2.22. The quantitative estimate of drug-likeness (QED) is 0.694. The lowest BCUT2D eigenvalue weighted by atomic mass is 10.1. The van der Waals surface area contributed by atoms with Gasteiger partial charge in [-0.1, -0.05) is 36.4 Å². The number of nitrogens with zero attached hydrogens (tertiary/aromatic N) is 1. The van der Waals surface area contributed by atoms with E-state index in [2.05, 4.69) is 5.32 Å². The highest BCUT2D eigenvalue weighted by Gasteiger charge is 2.39. The van der Waals surface area contributed by atoms with Gasteiger partial charge in [-0.3, -0.25) is 14.4 Å². The molecule has 31 heavy (non-hydrogen) atoms. The number of benzene rings is 2. The SMILES string of the molecule is COc1ccc(C)cc1N1C[C@@H](C(=O)O[C@@H](C(=O)NC2CC2)c2ccccc2)CC1=O. The summed E-state index contributed by atoms with van der Waals surface area (Å²) in [5.74, 6) is -1.15. The van der Waals surface area contributed by atoms with Crippen molar-refractivity contribution in [1.29, 1.82) is 0 Å². The molecule has 0 spiro atoms. The van der Waals surface area contributed by atoms with Crippen molar-refractivity contribution in [1.82, 2.24) is 5.32 Å². The topological polar surface area (TPSA) is 84.9 Å². The minimum absolute atomic E-state index is 0.0294. The number of hydrogen-bond donors (Lipinski definition) is 1. The van der Waals surface area contributed by atoms with Gasteiger partial charge in [0.15, 0.2) is 0 Å². The molecule has 0 unspecified atom stereocenters. The van der Waals surface area contributed by atoms with Crippen LogP contribution >= 0.6 is 0 Å². The molecule has 0 bridgehead atoms. The Hall–Kier alpha value is -3.35. The molecule has 0 aromatic heterocycles. The van der Waals surface area contributed by atoms with E-state index in [9.17, 15) is 14.4 Å². The smallest absolute Gasteiger partial charge is 0.312 e. The Balaban J connectivity index is 1.50. The highest BCUT2D eigenvalue weighted by molar-refractivity contribution is 6.01. The van der Waals surface area contributed by atoms with Crippen molar-refractivity contribution in [2.24, 2.45) is 5.92 Å². The van der Waals surface area contributed by atoms with E-state index in [1.807, 2.05) is 25.1 Å². The number of methoxy groups -OCH3 is 1. The van der Waals surface area contributed by atoms with Crippen LogP contribution in [-0.4, -0.2) is 37.5 Å². The lowest BCUT2D eigenvalue weighted by Gasteiger charge is -2.21. The summed E-state index contributed by atoms with van der Waals surface area (Å²) in [6, 6.07) is 14.7. The van der Waals surface area contributed by atoms with Crippen LogP contribution < -0.4 is 15.0 Å². The number of aryl methyl sites for hydroxylation is 1. The molecule has 4 rings (SSSR count). The van der Waals surface area contributed by atoms with Crippen LogP contribution in [0.2, 0.25) is 0 Å². The molecule has 2 aromatic carbocycles. The summed E-state index contributed by atoms with van der Waals surface area (Å²) < 4.78 is 11.1. The highest BCUT2D eigenvalue weighted by Crippen LogP contribution is 2.35. The summed E-state index contributed by atoms with van der Waals surface area (Å²) in [6.45, 7) is 2.11. The second-order valence-corrected chi connectivity index (χ2v) is 8.09. The molecule has 1 heterocycles. The highest BCUT2D eigenvalue weighted by atomic mass is 16.5. The van der Waals surface area contributed by atoms with Crippen LogP contribution in [0.15, 0.2) is 48.5 Å². The van der Waals surface area contributed by atoms with Gasteiger partial charge in [0.05, 0.1) is 18.7 Å². The maximum Gasteiger partial charge on any atom is 0.312 e. The Labute approximate surface area is 181 Å². The Morgan fingerprint density at radius 1 is 1.13 bits per heavy atom. The Morgan fingerprint density at radius 2 is 1.87 bits per heavy atom. The normalized spacial score (nSPS) is 19.1. The van der Waals surface area contributed by atoms with E-state index in [1.54, 1.807) is 42.3 Å². The van der Waals surface area contributed by atoms with Gasteiger partial charge < -0.3 is 19.7 Å². The zero-order chi connectivity index (χ0) is 22.0. The first-order valence-corrected chi connectivity index (χ1v) is 10.5. The fourth-order valence-corrected chi connectivity index (χ4v) is 3.73. The summed E-state index contributed by atoms with van der Waals surface area (Å²) >= 11 is 0. The van der Waals surface area contributed by atoms with Crippen LogP contribution in [0.1, 0.15) is 36.5 Å². The lowest BCUT2D eigenvalue weighted by molar-refractivity contribution is -0.160. The molecular formula is C24H26N2O5. The predicted molar refractivity (Wildman–Crippen MR) is 115 cm³/mol. The Morgan fingerprint density at radius 3 is 2.55 bits per heavy atom. The molecule has 0 radical (unpaired) electrons. The second kappa shape index (κ2) is 8.79. The number of anilines is 1. The molecule has 162 valence electrons. The van der Waals surface area contributed by atoms with Gasteiger partial charge in [0.2, 0.25) is 12.0 Å². The number of nitrogens with one attached hydrogen (secondary N) is 1. The number of esters is 1. The largest absolute Gasteiger partial charge is 0.495 e. The fourth-order valence-electron chi connectivity index (χ4n) is 3.73. The average molecular weight is 422 g/mol. The van der Waals surface area contributed by atoms with Gasteiger partial charge in [0.1, 0.15) is 5.75 Å². The van der Waals surface area contributed by atoms with Crippen LogP contribution in [0.4, 0.5) is 5.69 Å². The first kappa shape index (κ1) is 20.9. The molecular weight excluding hydrogens is 396 g/mol. The van der Waals surface area contributed by atoms with Gasteiger partial charge >= 0.3 is 5.97 Å². The van der Waals surface area contributed by atoms with E-state index in [4.69, 9.17) is 9.47 Å². The number of carbonyl (C=O) groups is 3. The molecule has 1 aliphatic heterocycles. The lowest BCUT2D eigenvalue weighted by Crippen LogP contribution is -2.35. The van der Waals surface area contributed by atoms with E-state index in [0.717, 1.165) is 18.4 Å². The molecule has 2 fully saturated rings. The van der Waals surface area contributed by atoms with Crippen LogP contribution in [0.25, 0.3) is 0 Å². The van der Waals surface area contributed by atoms with Crippen molar-refractivity contribution in [2.45, 2.75) is 38.3 Å². The molecule has 2 aliphatic rings. The number of amides is 2. The second-order valence-electron chi connectivity index (χ2n) is 8.09. The third-order valence-electron chi connectivity index (χ3n) is 5.58. The third kappa shape index (κ3) is 4.71. The summed E-state index contributed by atoms with van der Waals surface area (Å²) in [4.78, 5) is 40.0. The zero-order valence-electron chi connectivity index (χ0n) is 17.7. The van der Waals surface area contributed by atoms with Crippen LogP contribution in [-0.2, 0) is 19.1 Å².